The Hall–Kier alpha value is -5.27. The number of amides is 2. The van der Waals surface area contributed by atoms with Crippen LogP contribution in [0.4, 0.5) is 5.82 Å². The molecule has 2 amide bonds. The number of hydrazine groups is 1. The number of likely N-dealkylation sites (tertiary alicyclic amines) is 1. The van der Waals surface area contributed by atoms with Gasteiger partial charge in [0.25, 0.3) is 11.8 Å². The summed E-state index contributed by atoms with van der Waals surface area (Å²) in [5.74, 6) is 0.986. The Kier molecular flexibility index (Phi) is 10.6. The van der Waals surface area contributed by atoms with E-state index >= 15 is 0 Å². The van der Waals surface area contributed by atoms with Crippen LogP contribution in [-0.4, -0.2) is 75.6 Å². The van der Waals surface area contributed by atoms with Gasteiger partial charge in [0.2, 0.25) is 10.0 Å². The van der Waals surface area contributed by atoms with Gasteiger partial charge in [-0.3, -0.25) is 24.5 Å². The van der Waals surface area contributed by atoms with Crippen LogP contribution in [0.1, 0.15) is 51.1 Å². The zero-order chi connectivity index (χ0) is 35.3. The van der Waals surface area contributed by atoms with E-state index in [-0.39, 0.29) is 32.9 Å². The summed E-state index contributed by atoms with van der Waals surface area (Å²) in [6.07, 6.45) is 3.08. The molecule has 0 unspecified atom stereocenters. The summed E-state index contributed by atoms with van der Waals surface area (Å²) in [5.41, 5.74) is 4.78. The number of hydrogen-bond acceptors (Lipinski definition) is 9. The fourth-order valence-electron chi connectivity index (χ4n) is 5.19. The minimum atomic E-state index is -4.25. The van der Waals surface area contributed by atoms with Crippen LogP contribution in [0.3, 0.4) is 0 Å². The zero-order valence-electron chi connectivity index (χ0n) is 25.2. The van der Waals surface area contributed by atoms with Crippen molar-refractivity contribution >= 4 is 73.9 Å². The smallest absolute Gasteiger partial charge is 0.326 e. The molecule has 17 heteroatoms. The van der Waals surface area contributed by atoms with E-state index in [1.165, 1.54) is 29.3 Å². The van der Waals surface area contributed by atoms with Gasteiger partial charge >= 0.3 is 11.9 Å². The van der Waals surface area contributed by atoms with Crippen molar-refractivity contribution in [2.24, 2.45) is 0 Å². The van der Waals surface area contributed by atoms with Crippen molar-refractivity contribution < 1.29 is 37.8 Å². The van der Waals surface area contributed by atoms with Crippen molar-refractivity contribution in [2.75, 3.05) is 17.0 Å². The first-order valence-corrected chi connectivity index (χ1v) is 16.9. The number of piperidine rings is 1. The molecule has 14 nitrogen and oxygen atoms in total. The third-order valence-electron chi connectivity index (χ3n) is 7.46. The topological polar surface area (TPSA) is 208 Å². The molecule has 49 heavy (non-hydrogen) atoms. The number of pyridine rings is 2. The van der Waals surface area contributed by atoms with E-state index in [1.807, 2.05) is 4.94 Å². The number of carbonyl (C=O) groups excluding carboxylic acids is 2. The molecule has 0 aliphatic carbocycles. The summed E-state index contributed by atoms with van der Waals surface area (Å²) < 4.78 is 26.3. The molecule has 0 radical (unpaired) electrons. The molecule has 4 aromatic rings. The Labute approximate surface area is 289 Å². The number of aromatic nitrogens is 2. The highest BCUT2D eigenvalue weighted by atomic mass is 35.5. The van der Waals surface area contributed by atoms with Crippen LogP contribution in [0.25, 0.3) is 22.2 Å². The Balaban J connectivity index is 1.40. The molecule has 0 bridgehead atoms. The number of halogens is 2. The minimum Gasteiger partial charge on any atom is -0.480 e. The second kappa shape index (κ2) is 14.9. The molecule has 1 fully saturated rings. The maximum absolute atomic E-state index is 13.1. The van der Waals surface area contributed by atoms with E-state index in [0.717, 1.165) is 12.8 Å². The van der Waals surface area contributed by atoms with E-state index in [9.17, 15) is 32.7 Å². The van der Waals surface area contributed by atoms with Gasteiger partial charge in [0.05, 0.1) is 21.8 Å². The number of anilines is 1. The predicted octanol–water partition coefficient (Wildman–Crippen LogP) is 3.64. The number of sulfonamides is 1. The van der Waals surface area contributed by atoms with Crippen LogP contribution in [-0.2, 0) is 19.6 Å². The Morgan fingerprint density at radius 2 is 1.76 bits per heavy atom. The van der Waals surface area contributed by atoms with Crippen LogP contribution in [0, 0.1) is 11.8 Å². The van der Waals surface area contributed by atoms with Crippen molar-refractivity contribution in [3.63, 3.8) is 0 Å². The lowest BCUT2D eigenvalue weighted by Gasteiger charge is -2.33. The van der Waals surface area contributed by atoms with E-state index in [0.29, 0.717) is 35.3 Å². The van der Waals surface area contributed by atoms with Gasteiger partial charge in [-0.15, -0.1) is 4.94 Å². The third kappa shape index (κ3) is 8.42. The quantitative estimate of drug-likeness (QED) is 0.0956. The Morgan fingerprint density at radius 1 is 1.00 bits per heavy atom. The van der Waals surface area contributed by atoms with Gasteiger partial charge in [0.1, 0.15) is 11.9 Å². The zero-order valence-corrected chi connectivity index (χ0v) is 27.6. The molecule has 1 saturated heterocycles. The molecule has 0 spiro atoms. The second-order valence-corrected chi connectivity index (χ2v) is 13.1. The summed E-state index contributed by atoms with van der Waals surface area (Å²) in [6, 6.07) is 13.4. The summed E-state index contributed by atoms with van der Waals surface area (Å²) in [6.45, 7) is 0.354. The average Bonchev–Trinajstić information content (AvgIpc) is 3.06. The first kappa shape index (κ1) is 35.0. The summed E-state index contributed by atoms with van der Waals surface area (Å²) in [4.78, 5) is 60.4. The molecule has 1 aliphatic heterocycles. The lowest BCUT2D eigenvalue weighted by atomic mass is 10.0. The lowest BCUT2D eigenvalue weighted by molar-refractivity contribution is -0.143. The predicted molar refractivity (Wildman–Crippen MR) is 180 cm³/mol. The van der Waals surface area contributed by atoms with Crippen LogP contribution >= 0.6 is 23.4 Å². The molecule has 0 saturated carbocycles. The maximum atomic E-state index is 13.1. The number of aliphatic carboxylic acids is 2. The van der Waals surface area contributed by atoms with Crippen molar-refractivity contribution in [3.8, 4) is 23.1 Å². The SMILES string of the molecule is O=C(O)CS(=O)(=O)Nc1cc2nc(-c3ccc(C#Cc4ccc(C(=O)N5CCCC[C@H]5C(=O)O)cc4Cl)cc3)cc(C(=O)NNCl)c2cn1. The number of carboxylic acids is 2. The highest BCUT2D eigenvalue weighted by Crippen LogP contribution is 2.27. The van der Waals surface area contributed by atoms with Crippen LogP contribution < -0.4 is 15.1 Å². The summed E-state index contributed by atoms with van der Waals surface area (Å²) in [7, 11) is -4.25. The average molecular weight is 726 g/mol. The number of hydrogen-bond donors (Lipinski definition) is 5. The van der Waals surface area contributed by atoms with Gasteiger partial charge in [-0.25, -0.2) is 23.2 Å². The van der Waals surface area contributed by atoms with E-state index in [2.05, 4.69) is 32.0 Å². The molecule has 2 aromatic heterocycles. The summed E-state index contributed by atoms with van der Waals surface area (Å²) in [5, 5.41) is 18.9. The van der Waals surface area contributed by atoms with Gasteiger partial charge in [-0.2, -0.15) is 0 Å². The van der Waals surface area contributed by atoms with Crippen LogP contribution in [0.5, 0.6) is 0 Å². The highest BCUT2D eigenvalue weighted by Gasteiger charge is 2.32. The van der Waals surface area contributed by atoms with Crippen molar-refractivity contribution in [1.82, 2.24) is 25.2 Å². The van der Waals surface area contributed by atoms with Crippen LogP contribution in [0.2, 0.25) is 5.02 Å². The van der Waals surface area contributed by atoms with E-state index < -0.39 is 45.6 Å². The van der Waals surface area contributed by atoms with E-state index in [4.69, 9.17) is 28.5 Å². The first-order chi connectivity index (χ1) is 23.3. The standard InChI is InChI=1S/C32H26Cl2N6O8S/c33-24-13-21(31(44)40-12-2-1-3-27(40)32(45)46)11-10-19(24)7-4-18-5-8-20(9-6-18)25-14-22(30(43)37-39-34)23-16-35-28(15-26(23)36-25)38-49(47,48)17-29(41)42/h5-6,8-11,13-16,27,39H,1-3,12,17H2,(H,35,38)(H,37,43)(H,41,42)(H,45,46)/t27-/m0/s1. The monoisotopic (exact) mass is 724 g/mol. The van der Waals surface area contributed by atoms with Crippen molar-refractivity contribution in [2.45, 2.75) is 25.3 Å². The molecule has 5 rings (SSSR count). The number of fused-ring (bicyclic) bond motifs is 1. The third-order valence-corrected chi connectivity index (χ3v) is 9.01. The molecule has 1 aliphatic rings. The minimum absolute atomic E-state index is 0.111. The molecule has 5 N–H and O–H groups in total. The fraction of sp³-hybridized carbons (Fsp3) is 0.188. The second-order valence-electron chi connectivity index (χ2n) is 10.8. The molecular formula is C32H26Cl2N6O8S. The lowest BCUT2D eigenvalue weighted by Crippen LogP contribution is -2.47. The number of benzene rings is 2. The van der Waals surface area contributed by atoms with Gasteiger partial charge in [-0.05, 0) is 67.4 Å². The summed E-state index contributed by atoms with van der Waals surface area (Å²) >= 11 is 11.9. The number of nitrogens with one attached hydrogen (secondary N) is 3. The van der Waals surface area contributed by atoms with Crippen molar-refractivity contribution in [1.29, 1.82) is 0 Å². The van der Waals surface area contributed by atoms with Crippen LogP contribution in [0.15, 0.2) is 60.8 Å². The molecular weight excluding hydrogens is 699 g/mol. The van der Waals surface area contributed by atoms with Gasteiger partial charge in [0.15, 0.2) is 5.75 Å². The fourth-order valence-corrected chi connectivity index (χ4v) is 6.33. The van der Waals surface area contributed by atoms with Crippen molar-refractivity contribution in [3.05, 3.63) is 88.1 Å². The molecule has 3 heterocycles. The van der Waals surface area contributed by atoms with Gasteiger partial charge in [-0.1, -0.05) is 35.6 Å². The largest absolute Gasteiger partial charge is 0.480 e. The number of carboxylic acid groups (broad SMARTS) is 2. The highest BCUT2D eigenvalue weighted by molar-refractivity contribution is 7.93. The molecule has 252 valence electrons. The first-order valence-electron chi connectivity index (χ1n) is 14.5. The normalized spacial score (nSPS) is 14.4. The van der Waals surface area contributed by atoms with E-state index in [1.54, 1.807) is 36.4 Å². The van der Waals surface area contributed by atoms with Gasteiger partial charge in [0, 0.05) is 46.4 Å². The number of nitrogens with zero attached hydrogens (tertiary/aromatic N) is 3. The van der Waals surface area contributed by atoms with Gasteiger partial charge < -0.3 is 15.1 Å². The number of rotatable bonds is 9. The number of carbonyl (C=O) groups is 4. The molecule has 2 aromatic carbocycles. The Morgan fingerprint density at radius 3 is 2.43 bits per heavy atom. The maximum Gasteiger partial charge on any atom is 0.326 e. The Bertz CT molecular complexity index is 2150. The molecule has 1 atom stereocenters.